The lowest BCUT2D eigenvalue weighted by molar-refractivity contribution is -0.142. The largest absolute Gasteiger partial charge is 0.373 e. The number of benzene rings is 1. The number of fused-ring (bicyclic) bond motifs is 1. The summed E-state index contributed by atoms with van der Waals surface area (Å²) in [4.78, 5) is 26.2. The van der Waals surface area contributed by atoms with Gasteiger partial charge < -0.3 is 9.64 Å². The first-order valence-electron chi connectivity index (χ1n) is 7.76. The maximum absolute atomic E-state index is 12.5. The van der Waals surface area contributed by atoms with E-state index in [0.29, 0.717) is 23.7 Å². The SMILES string of the molecule is O=C(CCC(=O)N1CCOC2CS(=O)(=O)CC21)c1ccccc1Cl. The molecule has 2 aliphatic rings. The first-order valence-corrected chi connectivity index (χ1v) is 9.96. The zero-order chi connectivity index (χ0) is 17.3. The minimum Gasteiger partial charge on any atom is -0.373 e. The van der Waals surface area contributed by atoms with Gasteiger partial charge in [-0.15, -0.1) is 0 Å². The summed E-state index contributed by atoms with van der Waals surface area (Å²) in [5.74, 6) is -0.523. The molecule has 2 saturated heterocycles. The molecule has 2 fully saturated rings. The van der Waals surface area contributed by atoms with E-state index in [0.717, 1.165) is 0 Å². The molecule has 0 spiro atoms. The summed E-state index contributed by atoms with van der Waals surface area (Å²) in [6, 6.07) is 6.28. The third-order valence-electron chi connectivity index (χ3n) is 4.40. The summed E-state index contributed by atoms with van der Waals surface area (Å²) in [6.45, 7) is 0.677. The fraction of sp³-hybridized carbons (Fsp3) is 0.500. The van der Waals surface area contributed by atoms with Gasteiger partial charge in [-0.1, -0.05) is 23.7 Å². The molecule has 2 atom stereocenters. The van der Waals surface area contributed by atoms with Crippen LogP contribution in [0.5, 0.6) is 0 Å². The first-order chi connectivity index (χ1) is 11.4. The molecule has 6 nitrogen and oxygen atoms in total. The summed E-state index contributed by atoms with van der Waals surface area (Å²) >= 11 is 5.99. The number of sulfone groups is 1. The van der Waals surface area contributed by atoms with Crippen LogP contribution in [0.1, 0.15) is 23.2 Å². The number of amides is 1. The predicted molar refractivity (Wildman–Crippen MR) is 88.9 cm³/mol. The number of halogens is 1. The highest BCUT2D eigenvalue weighted by Gasteiger charge is 2.45. The van der Waals surface area contributed by atoms with E-state index in [1.165, 1.54) is 0 Å². The molecular formula is C16H18ClNO5S. The van der Waals surface area contributed by atoms with Crippen LogP contribution < -0.4 is 0 Å². The number of carbonyl (C=O) groups is 2. The molecule has 0 N–H and O–H groups in total. The van der Waals surface area contributed by atoms with Crippen LogP contribution in [-0.4, -0.2) is 61.8 Å². The van der Waals surface area contributed by atoms with Crippen molar-refractivity contribution in [2.75, 3.05) is 24.7 Å². The third-order valence-corrected chi connectivity index (χ3v) is 6.41. The van der Waals surface area contributed by atoms with Gasteiger partial charge >= 0.3 is 0 Å². The summed E-state index contributed by atoms with van der Waals surface area (Å²) in [5.41, 5.74) is 0.398. The number of ketones is 1. The fourth-order valence-electron chi connectivity index (χ4n) is 3.21. The van der Waals surface area contributed by atoms with Crippen LogP contribution in [0.3, 0.4) is 0 Å². The molecule has 1 amide bonds. The number of nitrogens with zero attached hydrogens (tertiary/aromatic N) is 1. The fourth-order valence-corrected chi connectivity index (χ4v) is 5.32. The predicted octanol–water partition coefficient (Wildman–Crippen LogP) is 1.33. The van der Waals surface area contributed by atoms with Crippen molar-refractivity contribution >= 4 is 33.1 Å². The molecule has 2 aliphatic heterocycles. The Bertz CT molecular complexity index is 763. The average molecular weight is 372 g/mol. The molecule has 1 aromatic rings. The van der Waals surface area contributed by atoms with E-state index in [1.54, 1.807) is 29.2 Å². The Morgan fingerprint density at radius 1 is 1.21 bits per heavy atom. The molecule has 0 radical (unpaired) electrons. The molecule has 8 heteroatoms. The second-order valence-electron chi connectivity index (χ2n) is 6.04. The molecule has 0 bridgehead atoms. The Kier molecular flexibility index (Phi) is 4.94. The van der Waals surface area contributed by atoms with Gasteiger partial charge in [0.05, 0.1) is 35.3 Å². The Morgan fingerprint density at radius 3 is 2.71 bits per heavy atom. The highest BCUT2D eigenvalue weighted by molar-refractivity contribution is 7.91. The zero-order valence-electron chi connectivity index (χ0n) is 13.0. The summed E-state index contributed by atoms with van der Waals surface area (Å²) in [6.07, 6.45) is -0.371. The quantitative estimate of drug-likeness (QED) is 0.746. The van der Waals surface area contributed by atoms with E-state index in [2.05, 4.69) is 0 Å². The van der Waals surface area contributed by atoms with Crippen molar-refractivity contribution in [3.05, 3.63) is 34.9 Å². The van der Waals surface area contributed by atoms with Gasteiger partial charge in [0.15, 0.2) is 15.6 Å². The third kappa shape index (κ3) is 3.63. The van der Waals surface area contributed by atoms with Gasteiger partial charge in [0, 0.05) is 24.9 Å². The van der Waals surface area contributed by atoms with Crippen LogP contribution in [0.4, 0.5) is 0 Å². The van der Waals surface area contributed by atoms with Gasteiger partial charge in [-0.2, -0.15) is 0 Å². The minimum atomic E-state index is -3.18. The highest BCUT2D eigenvalue weighted by Crippen LogP contribution is 2.26. The van der Waals surface area contributed by atoms with Crippen molar-refractivity contribution in [3.63, 3.8) is 0 Å². The second-order valence-corrected chi connectivity index (χ2v) is 8.60. The molecule has 3 rings (SSSR count). The lowest BCUT2D eigenvalue weighted by atomic mass is 10.0. The lowest BCUT2D eigenvalue weighted by Crippen LogP contribution is -2.53. The lowest BCUT2D eigenvalue weighted by Gasteiger charge is -2.36. The van der Waals surface area contributed by atoms with Crippen LogP contribution >= 0.6 is 11.6 Å². The number of hydrogen-bond acceptors (Lipinski definition) is 5. The van der Waals surface area contributed by atoms with Crippen molar-refractivity contribution < 1.29 is 22.7 Å². The zero-order valence-corrected chi connectivity index (χ0v) is 14.6. The van der Waals surface area contributed by atoms with E-state index in [9.17, 15) is 18.0 Å². The normalized spacial score (nSPS) is 25.3. The molecule has 0 aliphatic carbocycles. The Labute approximate surface area is 145 Å². The van der Waals surface area contributed by atoms with Crippen molar-refractivity contribution in [3.8, 4) is 0 Å². The number of carbonyl (C=O) groups excluding carboxylic acids is 2. The topological polar surface area (TPSA) is 80.8 Å². The van der Waals surface area contributed by atoms with Crippen LogP contribution in [0.2, 0.25) is 5.02 Å². The van der Waals surface area contributed by atoms with Crippen molar-refractivity contribution in [1.82, 2.24) is 4.90 Å². The van der Waals surface area contributed by atoms with Gasteiger partial charge in [0.25, 0.3) is 0 Å². The number of morpholine rings is 1. The van der Waals surface area contributed by atoms with Gasteiger partial charge in [-0.3, -0.25) is 9.59 Å². The van der Waals surface area contributed by atoms with Crippen LogP contribution in [0.15, 0.2) is 24.3 Å². The van der Waals surface area contributed by atoms with Gasteiger partial charge in [0.2, 0.25) is 5.91 Å². The smallest absolute Gasteiger partial charge is 0.223 e. The molecule has 2 unspecified atom stereocenters. The van der Waals surface area contributed by atoms with E-state index in [1.807, 2.05) is 0 Å². The van der Waals surface area contributed by atoms with E-state index in [4.69, 9.17) is 16.3 Å². The van der Waals surface area contributed by atoms with E-state index >= 15 is 0 Å². The Balaban J connectivity index is 1.63. The Hall–Kier alpha value is -1.44. The maximum atomic E-state index is 12.5. The standard InChI is InChI=1S/C16H18ClNO5S/c17-12-4-2-1-3-11(12)14(19)5-6-16(20)18-7-8-23-15-10-24(21,22)9-13(15)18/h1-4,13,15H,5-10H2. The molecule has 24 heavy (non-hydrogen) atoms. The molecule has 2 heterocycles. The van der Waals surface area contributed by atoms with Gasteiger partial charge in [-0.25, -0.2) is 8.42 Å². The van der Waals surface area contributed by atoms with Gasteiger partial charge in [0.1, 0.15) is 0 Å². The molecule has 1 aromatic carbocycles. The van der Waals surface area contributed by atoms with Crippen molar-refractivity contribution in [2.24, 2.45) is 0 Å². The molecule has 0 aromatic heterocycles. The van der Waals surface area contributed by atoms with E-state index < -0.39 is 22.0 Å². The summed E-state index contributed by atoms with van der Waals surface area (Å²) in [7, 11) is -3.18. The number of ether oxygens (including phenoxy) is 1. The van der Waals surface area contributed by atoms with Crippen LogP contribution in [0, 0.1) is 0 Å². The van der Waals surface area contributed by atoms with Crippen molar-refractivity contribution in [1.29, 1.82) is 0 Å². The van der Waals surface area contributed by atoms with E-state index in [-0.39, 0.29) is 36.0 Å². The van der Waals surface area contributed by atoms with Crippen LogP contribution in [-0.2, 0) is 19.4 Å². The molecule has 130 valence electrons. The average Bonchev–Trinajstić information content (AvgIpc) is 2.86. The minimum absolute atomic E-state index is 0.0350. The van der Waals surface area contributed by atoms with Crippen LogP contribution in [0.25, 0.3) is 0 Å². The Morgan fingerprint density at radius 2 is 1.96 bits per heavy atom. The second kappa shape index (κ2) is 6.82. The number of hydrogen-bond donors (Lipinski definition) is 0. The summed E-state index contributed by atoms with van der Waals surface area (Å²) in [5, 5.41) is 0.364. The highest BCUT2D eigenvalue weighted by atomic mass is 35.5. The van der Waals surface area contributed by atoms with Gasteiger partial charge in [-0.05, 0) is 12.1 Å². The summed E-state index contributed by atoms with van der Waals surface area (Å²) < 4.78 is 29.0. The number of Topliss-reactive ketones (excluding diaryl/α,β-unsaturated/α-hetero) is 1. The monoisotopic (exact) mass is 371 g/mol. The molecule has 0 saturated carbocycles. The number of rotatable bonds is 4. The first kappa shape index (κ1) is 17.4. The maximum Gasteiger partial charge on any atom is 0.223 e. The molecular weight excluding hydrogens is 354 g/mol. The van der Waals surface area contributed by atoms with Crippen molar-refractivity contribution in [2.45, 2.75) is 25.0 Å².